The molecule has 23 heavy (non-hydrogen) atoms. The van der Waals surface area contributed by atoms with Crippen molar-refractivity contribution in [3.63, 3.8) is 0 Å². The summed E-state index contributed by atoms with van der Waals surface area (Å²) in [5.41, 5.74) is 13.6. The Kier molecular flexibility index (Phi) is 5.15. The molecule has 0 saturated carbocycles. The number of amides is 2. The van der Waals surface area contributed by atoms with Crippen LogP contribution in [0.1, 0.15) is 23.4 Å². The number of carbonyl (C=O) groups excluding carboxylic acids is 2. The number of rotatable bonds is 4. The molecule has 0 unspecified atom stereocenters. The first kappa shape index (κ1) is 17.1. The third kappa shape index (κ3) is 3.95. The molecule has 0 aliphatic carbocycles. The Morgan fingerprint density at radius 3 is 2.39 bits per heavy atom. The average molecular weight is 320 g/mol. The number of nitrogens with zero attached hydrogens (tertiary/aromatic N) is 4. The highest BCUT2D eigenvalue weighted by molar-refractivity contribution is 5.82. The summed E-state index contributed by atoms with van der Waals surface area (Å²) >= 11 is 0. The molecule has 2 heterocycles. The van der Waals surface area contributed by atoms with Crippen LogP contribution >= 0.6 is 0 Å². The van der Waals surface area contributed by atoms with Gasteiger partial charge in [-0.3, -0.25) is 14.5 Å². The Morgan fingerprint density at radius 1 is 1.22 bits per heavy atom. The largest absolute Gasteiger partial charge is 0.368 e. The van der Waals surface area contributed by atoms with Gasteiger partial charge in [-0.2, -0.15) is 0 Å². The van der Waals surface area contributed by atoms with E-state index in [9.17, 15) is 9.59 Å². The van der Waals surface area contributed by atoms with Gasteiger partial charge in [0, 0.05) is 37.4 Å². The van der Waals surface area contributed by atoms with E-state index in [1.807, 2.05) is 25.8 Å². The third-order valence-electron chi connectivity index (χ3n) is 4.36. The Bertz CT molecular complexity index is 595. The molecule has 1 aliphatic heterocycles. The van der Waals surface area contributed by atoms with Crippen molar-refractivity contribution in [3.05, 3.63) is 17.0 Å². The van der Waals surface area contributed by atoms with Crippen molar-refractivity contribution in [1.29, 1.82) is 0 Å². The summed E-state index contributed by atoms with van der Waals surface area (Å²) in [5.74, 6) is -0.137. The van der Waals surface area contributed by atoms with Crippen LogP contribution in [-0.2, 0) is 16.0 Å². The molecule has 2 amide bonds. The molecule has 1 fully saturated rings. The monoisotopic (exact) mass is 320 g/mol. The molecule has 0 radical (unpaired) electrons. The fourth-order valence-electron chi connectivity index (χ4n) is 2.92. The van der Waals surface area contributed by atoms with Crippen LogP contribution in [0.25, 0.3) is 0 Å². The lowest BCUT2D eigenvalue weighted by Gasteiger charge is -2.37. The maximum Gasteiger partial charge on any atom is 0.236 e. The Balaban J connectivity index is 1.99. The van der Waals surface area contributed by atoms with Gasteiger partial charge in [-0.15, -0.1) is 0 Å². The molecule has 1 atom stereocenters. The van der Waals surface area contributed by atoms with Gasteiger partial charge >= 0.3 is 0 Å². The van der Waals surface area contributed by atoms with Crippen molar-refractivity contribution >= 4 is 17.8 Å². The summed E-state index contributed by atoms with van der Waals surface area (Å²) < 4.78 is 0. The number of piperazine rings is 1. The number of hydrogen-bond acceptors (Lipinski definition) is 6. The first-order chi connectivity index (χ1) is 10.8. The summed E-state index contributed by atoms with van der Waals surface area (Å²) in [6.45, 7) is 5.33. The molecule has 0 aromatic carbocycles. The molecule has 126 valence electrons. The van der Waals surface area contributed by atoms with E-state index in [0.717, 1.165) is 17.0 Å². The zero-order valence-corrected chi connectivity index (χ0v) is 13.9. The van der Waals surface area contributed by atoms with Crippen molar-refractivity contribution in [3.8, 4) is 0 Å². The summed E-state index contributed by atoms with van der Waals surface area (Å²) in [7, 11) is 1.84. The predicted octanol–water partition coefficient (Wildman–Crippen LogP) is -0.764. The van der Waals surface area contributed by atoms with Gasteiger partial charge in [-0.1, -0.05) is 0 Å². The number of anilines is 1. The first-order valence-electron chi connectivity index (χ1n) is 7.66. The minimum absolute atomic E-state index is 0.0139. The topological polar surface area (TPSA) is 118 Å². The van der Waals surface area contributed by atoms with Crippen molar-refractivity contribution < 1.29 is 9.59 Å². The minimum Gasteiger partial charge on any atom is -0.368 e. The molecular weight excluding hydrogens is 296 g/mol. The number of aryl methyl sites for hydroxylation is 2. The van der Waals surface area contributed by atoms with Gasteiger partial charge in [0.25, 0.3) is 0 Å². The zero-order valence-electron chi connectivity index (χ0n) is 13.9. The van der Waals surface area contributed by atoms with Gasteiger partial charge in [-0.05, 0) is 32.9 Å². The van der Waals surface area contributed by atoms with E-state index < -0.39 is 11.9 Å². The summed E-state index contributed by atoms with van der Waals surface area (Å²) in [6.07, 6.45) is 0.911. The van der Waals surface area contributed by atoms with E-state index in [1.54, 1.807) is 4.90 Å². The molecular formula is C15H24N6O2. The summed E-state index contributed by atoms with van der Waals surface area (Å²) in [6, 6.07) is -0.420. The number of nitrogen functional groups attached to an aromatic ring is 1. The van der Waals surface area contributed by atoms with Gasteiger partial charge < -0.3 is 16.4 Å². The molecule has 1 aromatic heterocycles. The van der Waals surface area contributed by atoms with Crippen molar-refractivity contribution in [1.82, 2.24) is 19.8 Å². The van der Waals surface area contributed by atoms with E-state index in [2.05, 4.69) is 9.97 Å². The van der Waals surface area contributed by atoms with Crippen LogP contribution in [0.15, 0.2) is 0 Å². The molecule has 8 nitrogen and oxygen atoms in total. The third-order valence-corrected chi connectivity index (χ3v) is 4.36. The quantitative estimate of drug-likeness (QED) is 0.752. The lowest BCUT2D eigenvalue weighted by Crippen LogP contribution is -2.57. The summed E-state index contributed by atoms with van der Waals surface area (Å²) in [5, 5.41) is 0. The van der Waals surface area contributed by atoms with Crippen molar-refractivity contribution in [2.24, 2.45) is 5.73 Å². The highest BCUT2D eigenvalue weighted by atomic mass is 16.2. The van der Waals surface area contributed by atoms with Gasteiger partial charge in [-0.25, -0.2) is 9.97 Å². The Labute approximate surface area is 135 Å². The second-order valence-electron chi connectivity index (χ2n) is 5.97. The normalized spacial score (nSPS) is 18.9. The number of hydrogen-bond donors (Lipinski definition) is 2. The average Bonchev–Trinajstić information content (AvgIpc) is 2.45. The van der Waals surface area contributed by atoms with Crippen LogP contribution in [-0.4, -0.2) is 64.3 Å². The number of aromatic nitrogens is 2. The highest BCUT2D eigenvalue weighted by Gasteiger charge is 2.30. The molecule has 1 aromatic rings. The Hall–Kier alpha value is -2.22. The lowest BCUT2D eigenvalue weighted by atomic mass is 10.1. The van der Waals surface area contributed by atoms with Crippen LogP contribution in [0.5, 0.6) is 0 Å². The molecule has 0 spiro atoms. The summed E-state index contributed by atoms with van der Waals surface area (Å²) in [4.78, 5) is 35.8. The van der Waals surface area contributed by atoms with E-state index >= 15 is 0 Å². The zero-order chi connectivity index (χ0) is 17.1. The number of carbonyl (C=O) groups is 2. The van der Waals surface area contributed by atoms with Gasteiger partial charge in [0.05, 0.1) is 0 Å². The first-order valence-corrected chi connectivity index (χ1v) is 7.66. The maximum atomic E-state index is 12.4. The Morgan fingerprint density at radius 2 is 1.83 bits per heavy atom. The fourth-order valence-corrected chi connectivity index (χ4v) is 2.92. The molecule has 8 heteroatoms. The standard InChI is InChI=1S/C15H24N6O2/c1-9-11(10(2)19-15(17)18-9)4-5-13(22)21-7-6-20(3)12(8-21)14(16)23/h12H,4-8H2,1-3H3,(H2,16,23)(H2,17,18,19)/t12-/m1/s1. The number of primary amides is 1. The lowest BCUT2D eigenvalue weighted by molar-refractivity contribution is -0.136. The molecule has 4 N–H and O–H groups in total. The fraction of sp³-hybridized carbons (Fsp3) is 0.600. The van der Waals surface area contributed by atoms with Crippen LogP contribution < -0.4 is 11.5 Å². The van der Waals surface area contributed by atoms with Gasteiger partial charge in [0.15, 0.2) is 0 Å². The van der Waals surface area contributed by atoms with Gasteiger partial charge in [0.2, 0.25) is 17.8 Å². The van der Waals surface area contributed by atoms with Crippen molar-refractivity contribution in [2.75, 3.05) is 32.4 Å². The second-order valence-corrected chi connectivity index (χ2v) is 5.97. The molecule has 1 saturated heterocycles. The minimum atomic E-state index is -0.420. The number of likely N-dealkylation sites (N-methyl/N-ethyl adjacent to an activating group) is 1. The van der Waals surface area contributed by atoms with Crippen LogP contribution in [0.4, 0.5) is 5.95 Å². The highest BCUT2D eigenvalue weighted by Crippen LogP contribution is 2.15. The molecule has 2 rings (SSSR count). The maximum absolute atomic E-state index is 12.4. The van der Waals surface area contributed by atoms with Crippen molar-refractivity contribution in [2.45, 2.75) is 32.7 Å². The van der Waals surface area contributed by atoms with Crippen LogP contribution in [0.2, 0.25) is 0 Å². The predicted molar refractivity (Wildman–Crippen MR) is 86.4 cm³/mol. The van der Waals surface area contributed by atoms with E-state index in [-0.39, 0.29) is 11.9 Å². The van der Waals surface area contributed by atoms with E-state index in [0.29, 0.717) is 32.5 Å². The van der Waals surface area contributed by atoms with Crippen LogP contribution in [0.3, 0.4) is 0 Å². The van der Waals surface area contributed by atoms with E-state index in [4.69, 9.17) is 11.5 Å². The number of nitrogens with two attached hydrogens (primary N) is 2. The van der Waals surface area contributed by atoms with Gasteiger partial charge in [0.1, 0.15) is 6.04 Å². The smallest absolute Gasteiger partial charge is 0.236 e. The second kappa shape index (κ2) is 6.91. The van der Waals surface area contributed by atoms with Crippen LogP contribution in [0, 0.1) is 13.8 Å². The SMILES string of the molecule is Cc1nc(N)nc(C)c1CCC(=O)N1CCN(C)[C@@H](C(N)=O)C1. The molecule has 0 bridgehead atoms. The molecule has 1 aliphatic rings. The van der Waals surface area contributed by atoms with E-state index in [1.165, 1.54) is 0 Å².